The van der Waals surface area contributed by atoms with Crippen molar-refractivity contribution >= 4 is 21.8 Å². The number of alkyl halides is 3. The van der Waals surface area contributed by atoms with E-state index in [0.717, 1.165) is 19.3 Å². The van der Waals surface area contributed by atoms with Crippen LogP contribution in [0.25, 0.3) is 0 Å². The highest BCUT2D eigenvalue weighted by molar-refractivity contribution is 9.09. The number of hydrogen-bond donors (Lipinski definition) is 1. The lowest BCUT2D eigenvalue weighted by atomic mass is 9.78. The van der Waals surface area contributed by atoms with Crippen LogP contribution in [0.15, 0.2) is 24.3 Å². The van der Waals surface area contributed by atoms with Crippen molar-refractivity contribution in [1.29, 1.82) is 0 Å². The predicted octanol–water partition coefficient (Wildman–Crippen LogP) is 3.34. The summed E-state index contributed by atoms with van der Waals surface area (Å²) in [7, 11) is 0. The zero-order valence-corrected chi connectivity index (χ0v) is 11.8. The number of nitrogens with one attached hydrogen (secondary N) is 1. The first-order valence-corrected chi connectivity index (χ1v) is 7.11. The Morgan fingerprint density at radius 2 is 2.11 bits per heavy atom. The Kier molecular flexibility index (Phi) is 4.39. The van der Waals surface area contributed by atoms with Crippen LogP contribution in [-0.2, 0) is 0 Å². The highest BCUT2D eigenvalue weighted by atomic mass is 79.9. The average Bonchev–Trinajstić information content (AvgIpc) is 2.33. The van der Waals surface area contributed by atoms with Gasteiger partial charge in [-0.25, -0.2) is 0 Å². The second kappa shape index (κ2) is 5.86. The number of rotatable bonds is 5. The molecule has 0 aliphatic heterocycles. The summed E-state index contributed by atoms with van der Waals surface area (Å²) >= 11 is 3.38. The molecule has 0 heterocycles. The van der Waals surface area contributed by atoms with Crippen LogP contribution < -0.4 is 10.1 Å². The molecule has 2 rings (SSSR count). The van der Waals surface area contributed by atoms with Gasteiger partial charge in [0.2, 0.25) is 0 Å². The first-order chi connectivity index (χ1) is 9.06. The number of para-hydroxylation sites is 1. The summed E-state index contributed by atoms with van der Waals surface area (Å²) in [6, 6.07) is 6.02. The molecule has 0 saturated heterocycles. The smallest absolute Gasteiger partial charge is 0.387 e. The van der Waals surface area contributed by atoms with Crippen LogP contribution >= 0.6 is 15.9 Å². The van der Waals surface area contributed by atoms with E-state index >= 15 is 0 Å². The van der Waals surface area contributed by atoms with Crippen LogP contribution in [0.1, 0.15) is 29.6 Å². The minimum absolute atomic E-state index is 0.0981. The zero-order chi connectivity index (χ0) is 13.9. The molecule has 0 atom stereocenters. The molecule has 1 fully saturated rings. The monoisotopic (exact) mass is 333 g/mol. The number of carbonyl (C=O) groups is 1. The van der Waals surface area contributed by atoms with Crippen molar-refractivity contribution in [3.8, 4) is 5.75 Å². The van der Waals surface area contributed by atoms with Crippen molar-refractivity contribution in [1.82, 2.24) is 5.32 Å². The number of carbonyl (C=O) groups excluding carboxylic acids is 1. The van der Waals surface area contributed by atoms with Gasteiger partial charge in [-0.15, -0.1) is 0 Å². The first kappa shape index (κ1) is 14.2. The second-order valence-electron chi connectivity index (χ2n) is 4.60. The van der Waals surface area contributed by atoms with Gasteiger partial charge in [0.05, 0.1) is 11.1 Å². The van der Waals surface area contributed by atoms with Gasteiger partial charge in [-0.2, -0.15) is 8.78 Å². The van der Waals surface area contributed by atoms with Crippen LogP contribution in [0.5, 0.6) is 5.75 Å². The van der Waals surface area contributed by atoms with Gasteiger partial charge in [0.1, 0.15) is 5.75 Å². The van der Waals surface area contributed by atoms with Crippen molar-refractivity contribution in [3.63, 3.8) is 0 Å². The van der Waals surface area contributed by atoms with Crippen LogP contribution in [0, 0.1) is 0 Å². The molecule has 19 heavy (non-hydrogen) atoms. The molecule has 1 aromatic rings. The van der Waals surface area contributed by atoms with Crippen LogP contribution in [-0.4, -0.2) is 23.4 Å². The summed E-state index contributed by atoms with van der Waals surface area (Å²) < 4.78 is 28.9. The Bertz CT molecular complexity index is 458. The number of hydrogen-bond acceptors (Lipinski definition) is 2. The lowest BCUT2D eigenvalue weighted by Gasteiger charge is -2.41. The topological polar surface area (TPSA) is 38.3 Å². The van der Waals surface area contributed by atoms with Gasteiger partial charge in [0, 0.05) is 5.33 Å². The molecule has 0 unspecified atom stereocenters. The van der Waals surface area contributed by atoms with Crippen LogP contribution in [0.4, 0.5) is 8.78 Å². The maximum Gasteiger partial charge on any atom is 0.387 e. The Labute approximate surface area is 118 Å². The van der Waals surface area contributed by atoms with Gasteiger partial charge in [-0.05, 0) is 31.4 Å². The van der Waals surface area contributed by atoms with Crippen molar-refractivity contribution < 1.29 is 18.3 Å². The Morgan fingerprint density at radius 3 is 2.63 bits per heavy atom. The Balaban J connectivity index is 2.14. The van der Waals surface area contributed by atoms with Crippen LogP contribution in [0.3, 0.4) is 0 Å². The van der Waals surface area contributed by atoms with E-state index in [2.05, 4.69) is 26.0 Å². The number of halogens is 3. The molecule has 0 aromatic heterocycles. The minimum Gasteiger partial charge on any atom is -0.434 e. The molecule has 1 aliphatic carbocycles. The quantitative estimate of drug-likeness (QED) is 0.839. The molecule has 0 bridgehead atoms. The molecular weight excluding hydrogens is 320 g/mol. The molecule has 1 aromatic carbocycles. The number of amides is 1. The Morgan fingerprint density at radius 1 is 1.42 bits per heavy atom. The van der Waals surface area contributed by atoms with Crippen molar-refractivity contribution in [2.24, 2.45) is 0 Å². The van der Waals surface area contributed by atoms with E-state index in [-0.39, 0.29) is 22.8 Å². The summed E-state index contributed by atoms with van der Waals surface area (Å²) in [4.78, 5) is 12.2. The minimum atomic E-state index is -2.94. The largest absolute Gasteiger partial charge is 0.434 e. The fourth-order valence-corrected chi connectivity index (χ4v) is 2.76. The Hall–Kier alpha value is -1.17. The normalized spacial score (nSPS) is 16.8. The summed E-state index contributed by atoms with van der Waals surface area (Å²) in [5, 5.41) is 3.56. The molecule has 6 heteroatoms. The third-order valence-electron chi connectivity index (χ3n) is 3.29. The lowest BCUT2D eigenvalue weighted by molar-refractivity contribution is -0.0501. The van der Waals surface area contributed by atoms with E-state index in [9.17, 15) is 13.6 Å². The van der Waals surface area contributed by atoms with Gasteiger partial charge < -0.3 is 10.1 Å². The standard InChI is InChI=1S/C13H14BrF2NO2/c14-8-13(6-3-7-13)17-11(18)9-4-1-2-5-10(9)19-12(15)16/h1-2,4-5,12H,3,6-8H2,(H,17,18). The van der Waals surface area contributed by atoms with E-state index in [1.165, 1.54) is 12.1 Å². The van der Waals surface area contributed by atoms with Gasteiger partial charge in [0.25, 0.3) is 5.91 Å². The summed E-state index contributed by atoms with van der Waals surface area (Å²) in [6.45, 7) is -2.94. The average molecular weight is 334 g/mol. The van der Waals surface area contributed by atoms with Crippen molar-refractivity contribution in [2.45, 2.75) is 31.4 Å². The predicted molar refractivity (Wildman–Crippen MR) is 70.9 cm³/mol. The maximum absolute atomic E-state index is 12.3. The molecule has 104 valence electrons. The van der Waals surface area contributed by atoms with Crippen molar-refractivity contribution in [3.05, 3.63) is 29.8 Å². The highest BCUT2D eigenvalue weighted by Crippen LogP contribution is 2.34. The first-order valence-electron chi connectivity index (χ1n) is 5.99. The third kappa shape index (κ3) is 3.23. The van der Waals surface area contributed by atoms with E-state index in [1.807, 2.05) is 0 Å². The fourth-order valence-electron chi connectivity index (χ4n) is 2.06. The van der Waals surface area contributed by atoms with Gasteiger partial charge >= 0.3 is 6.61 Å². The SMILES string of the molecule is O=C(NC1(CBr)CCC1)c1ccccc1OC(F)F. The highest BCUT2D eigenvalue weighted by Gasteiger charge is 2.37. The lowest BCUT2D eigenvalue weighted by Crippen LogP contribution is -2.54. The molecule has 1 N–H and O–H groups in total. The maximum atomic E-state index is 12.3. The van der Waals surface area contributed by atoms with E-state index in [4.69, 9.17) is 0 Å². The zero-order valence-electron chi connectivity index (χ0n) is 10.2. The van der Waals surface area contributed by atoms with Gasteiger partial charge in [-0.1, -0.05) is 28.1 Å². The third-order valence-corrected chi connectivity index (χ3v) is 4.37. The molecule has 1 aliphatic rings. The summed E-state index contributed by atoms with van der Waals surface area (Å²) in [6.07, 6.45) is 2.84. The van der Waals surface area contributed by atoms with E-state index in [1.54, 1.807) is 12.1 Å². The summed E-state index contributed by atoms with van der Waals surface area (Å²) in [5.41, 5.74) is -0.121. The number of ether oxygens (including phenoxy) is 1. The molecule has 3 nitrogen and oxygen atoms in total. The van der Waals surface area contributed by atoms with Gasteiger partial charge in [-0.3, -0.25) is 4.79 Å². The molecule has 1 amide bonds. The van der Waals surface area contributed by atoms with Gasteiger partial charge in [0.15, 0.2) is 0 Å². The van der Waals surface area contributed by atoms with E-state index in [0.29, 0.717) is 5.33 Å². The van der Waals surface area contributed by atoms with Crippen LogP contribution in [0.2, 0.25) is 0 Å². The molecular formula is C13H14BrF2NO2. The molecule has 1 saturated carbocycles. The fraction of sp³-hybridized carbons (Fsp3) is 0.462. The number of benzene rings is 1. The van der Waals surface area contributed by atoms with E-state index < -0.39 is 6.61 Å². The summed E-state index contributed by atoms with van der Waals surface area (Å²) in [5.74, 6) is -0.477. The van der Waals surface area contributed by atoms with Crippen molar-refractivity contribution in [2.75, 3.05) is 5.33 Å². The second-order valence-corrected chi connectivity index (χ2v) is 5.16. The molecule has 0 radical (unpaired) electrons. The molecule has 0 spiro atoms.